The van der Waals surface area contributed by atoms with Gasteiger partial charge in [0.15, 0.2) is 0 Å². The van der Waals surface area contributed by atoms with E-state index < -0.39 is 12.0 Å². The van der Waals surface area contributed by atoms with Crippen molar-refractivity contribution in [3.63, 3.8) is 0 Å². The maximum atomic E-state index is 13.0. The Morgan fingerprint density at radius 1 is 0.889 bits per heavy atom. The fourth-order valence-electron chi connectivity index (χ4n) is 3.47. The standard InChI is InChI=1S/C23H21NO3/c25-17(14-16-8-2-1-3-9-16)15-24-23(26)22-18-10-4-6-12-20(18)27-21-13-7-5-11-19(21)22/h1-13,17,22,25H,14-15H2,(H,24,26). The Bertz CT molecular complexity index is 894. The number of benzene rings is 3. The van der Waals surface area contributed by atoms with Crippen molar-refractivity contribution in [1.82, 2.24) is 5.32 Å². The van der Waals surface area contributed by atoms with Crippen LogP contribution in [-0.2, 0) is 11.2 Å². The van der Waals surface area contributed by atoms with E-state index in [1.54, 1.807) is 0 Å². The van der Waals surface area contributed by atoms with Gasteiger partial charge >= 0.3 is 0 Å². The molecule has 1 unspecified atom stereocenters. The van der Waals surface area contributed by atoms with E-state index in [9.17, 15) is 9.90 Å². The molecular weight excluding hydrogens is 338 g/mol. The number of carbonyl (C=O) groups is 1. The summed E-state index contributed by atoms with van der Waals surface area (Å²) in [6, 6.07) is 24.9. The molecule has 1 heterocycles. The molecule has 0 spiro atoms. The number of hydrogen-bond donors (Lipinski definition) is 2. The molecule has 1 aliphatic rings. The molecule has 0 aromatic heterocycles. The number of aliphatic hydroxyl groups excluding tert-OH is 1. The van der Waals surface area contributed by atoms with Gasteiger partial charge in [-0.05, 0) is 17.7 Å². The lowest BCUT2D eigenvalue weighted by molar-refractivity contribution is -0.122. The normalized spacial score (nSPS) is 13.8. The van der Waals surface area contributed by atoms with Gasteiger partial charge in [0.05, 0.1) is 12.0 Å². The number of amides is 1. The lowest BCUT2D eigenvalue weighted by Crippen LogP contribution is -2.37. The number of nitrogens with one attached hydrogen (secondary N) is 1. The molecule has 0 fully saturated rings. The molecule has 1 amide bonds. The number of aliphatic hydroxyl groups is 1. The van der Waals surface area contributed by atoms with Gasteiger partial charge in [0.2, 0.25) is 5.91 Å². The summed E-state index contributed by atoms with van der Waals surface area (Å²) in [7, 11) is 0. The van der Waals surface area contributed by atoms with E-state index in [1.165, 1.54) is 0 Å². The second-order valence-corrected chi connectivity index (χ2v) is 6.70. The lowest BCUT2D eigenvalue weighted by Gasteiger charge is -2.27. The number of para-hydroxylation sites is 2. The molecule has 136 valence electrons. The van der Waals surface area contributed by atoms with E-state index in [0.717, 1.165) is 16.7 Å². The van der Waals surface area contributed by atoms with E-state index in [-0.39, 0.29) is 12.5 Å². The maximum Gasteiger partial charge on any atom is 0.232 e. The van der Waals surface area contributed by atoms with Crippen LogP contribution in [0.25, 0.3) is 0 Å². The Kier molecular flexibility index (Phi) is 4.90. The van der Waals surface area contributed by atoms with Gasteiger partial charge in [-0.3, -0.25) is 4.79 Å². The van der Waals surface area contributed by atoms with E-state index in [1.807, 2.05) is 78.9 Å². The second kappa shape index (κ2) is 7.64. The Balaban J connectivity index is 1.50. The predicted octanol–water partition coefficient (Wildman–Crippen LogP) is 3.64. The summed E-state index contributed by atoms with van der Waals surface area (Å²) in [5, 5.41) is 13.2. The fourth-order valence-corrected chi connectivity index (χ4v) is 3.47. The highest BCUT2D eigenvalue weighted by Crippen LogP contribution is 2.43. The van der Waals surface area contributed by atoms with Crippen molar-refractivity contribution in [2.24, 2.45) is 0 Å². The molecule has 0 saturated heterocycles. The summed E-state index contributed by atoms with van der Waals surface area (Å²) in [5.74, 6) is 0.808. The molecule has 0 saturated carbocycles. The summed E-state index contributed by atoms with van der Waals surface area (Å²) >= 11 is 0. The molecule has 4 nitrogen and oxygen atoms in total. The highest BCUT2D eigenvalue weighted by atomic mass is 16.5. The zero-order valence-corrected chi connectivity index (χ0v) is 14.8. The van der Waals surface area contributed by atoms with Crippen LogP contribution < -0.4 is 10.1 Å². The van der Waals surface area contributed by atoms with Crippen molar-refractivity contribution in [3.8, 4) is 11.5 Å². The Morgan fingerprint density at radius 3 is 2.07 bits per heavy atom. The minimum Gasteiger partial charge on any atom is -0.457 e. The number of fused-ring (bicyclic) bond motifs is 2. The maximum absolute atomic E-state index is 13.0. The van der Waals surface area contributed by atoms with Gasteiger partial charge in [-0.15, -0.1) is 0 Å². The average Bonchev–Trinajstić information content (AvgIpc) is 2.71. The average molecular weight is 359 g/mol. The molecule has 3 aromatic rings. The molecule has 0 radical (unpaired) electrons. The van der Waals surface area contributed by atoms with Crippen LogP contribution in [0.4, 0.5) is 0 Å². The zero-order valence-electron chi connectivity index (χ0n) is 14.8. The minimum atomic E-state index is -0.637. The third-order valence-corrected chi connectivity index (χ3v) is 4.77. The second-order valence-electron chi connectivity index (χ2n) is 6.70. The van der Waals surface area contributed by atoms with Crippen LogP contribution in [0.5, 0.6) is 11.5 Å². The van der Waals surface area contributed by atoms with E-state index in [4.69, 9.17) is 4.74 Å². The molecule has 1 aliphatic heterocycles. The van der Waals surface area contributed by atoms with Crippen molar-refractivity contribution >= 4 is 5.91 Å². The first-order chi connectivity index (χ1) is 13.2. The highest BCUT2D eigenvalue weighted by molar-refractivity contribution is 5.89. The summed E-state index contributed by atoms with van der Waals surface area (Å²) in [6.07, 6.45) is -0.135. The molecule has 0 aliphatic carbocycles. The monoisotopic (exact) mass is 359 g/mol. The van der Waals surface area contributed by atoms with Crippen LogP contribution in [0.2, 0.25) is 0 Å². The first-order valence-electron chi connectivity index (χ1n) is 9.08. The molecule has 4 heteroatoms. The molecular formula is C23H21NO3. The summed E-state index contributed by atoms with van der Waals surface area (Å²) < 4.78 is 5.93. The van der Waals surface area contributed by atoms with Gasteiger partial charge in [-0.1, -0.05) is 66.7 Å². The van der Waals surface area contributed by atoms with Crippen molar-refractivity contribution in [1.29, 1.82) is 0 Å². The number of carbonyl (C=O) groups excluding carboxylic acids is 1. The first kappa shape index (κ1) is 17.3. The lowest BCUT2D eigenvalue weighted by atomic mass is 9.87. The Morgan fingerprint density at radius 2 is 1.44 bits per heavy atom. The van der Waals surface area contributed by atoms with Crippen molar-refractivity contribution < 1.29 is 14.6 Å². The predicted molar refractivity (Wildman–Crippen MR) is 104 cm³/mol. The van der Waals surface area contributed by atoms with Gasteiger partial charge in [-0.2, -0.15) is 0 Å². The van der Waals surface area contributed by atoms with Crippen molar-refractivity contribution in [3.05, 3.63) is 95.6 Å². The van der Waals surface area contributed by atoms with E-state index in [0.29, 0.717) is 17.9 Å². The van der Waals surface area contributed by atoms with E-state index >= 15 is 0 Å². The number of rotatable bonds is 5. The molecule has 1 atom stereocenters. The topological polar surface area (TPSA) is 58.6 Å². The smallest absolute Gasteiger partial charge is 0.232 e. The van der Waals surface area contributed by atoms with Gasteiger partial charge in [0, 0.05) is 24.1 Å². The molecule has 4 rings (SSSR count). The first-order valence-corrected chi connectivity index (χ1v) is 9.08. The van der Waals surface area contributed by atoms with Gasteiger partial charge < -0.3 is 15.2 Å². The SMILES string of the molecule is O=C(NCC(O)Cc1ccccc1)C1c2ccccc2Oc2ccccc21. The van der Waals surface area contributed by atoms with Gasteiger partial charge in [0.25, 0.3) is 0 Å². The number of hydrogen-bond acceptors (Lipinski definition) is 3. The highest BCUT2D eigenvalue weighted by Gasteiger charge is 2.32. The quantitative estimate of drug-likeness (QED) is 0.731. The van der Waals surface area contributed by atoms with Crippen LogP contribution in [0.1, 0.15) is 22.6 Å². The van der Waals surface area contributed by atoms with Crippen LogP contribution in [-0.4, -0.2) is 23.7 Å². The van der Waals surface area contributed by atoms with Crippen LogP contribution in [0.15, 0.2) is 78.9 Å². The van der Waals surface area contributed by atoms with Crippen molar-refractivity contribution in [2.75, 3.05) is 6.54 Å². The molecule has 0 bridgehead atoms. The summed E-state index contributed by atoms with van der Waals surface area (Å²) in [6.45, 7) is 0.204. The summed E-state index contributed by atoms with van der Waals surface area (Å²) in [5.41, 5.74) is 2.72. The Labute approximate surface area is 158 Å². The zero-order chi connectivity index (χ0) is 18.6. The third kappa shape index (κ3) is 3.71. The molecule has 27 heavy (non-hydrogen) atoms. The molecule has 2 N–H and O–H groups in total. The third-order valence-electron chi connectivity index (χ3n) is 4.77. The van der Waals surface area contributed by atoms with Crippen LogP contribution in [0, 0.1) is 0 Å². The molecule has 3 aromatic carbocycles. The van der Waals surface area contributed by atoms with Crippen molar-refractivity contribution in [2.45, 2.75) is 18.4 Å². The summed E-state index contributed by atoms with van der Waals surface area (Å²) in [4.78, 5) is 13.0. The van der Waals surface area contributed by atoms with Crippen LogP contribution >= 0.6 is 0 Å². The fraction of sp³-hybridized carbons (Fsp3) is 0.174. The largest absolute Gasteiger partial charge is 0.457 e. The van der Waals surface area contributed by atoms with Crippen LogP contribution in [0.3, 0.4) is 0 Å². The van der Waals surface area contributed by atoms with Gasteiger partial charge in [0.1, 0.15) is 11.5 Å². The number of ether oxygens (including phenoxy) is 1. The van der Waals surface area contributed by atoms with Gasteiger partial charge in [-0.25, -0.2) is 0 Å². The Hall–Kier alpha value is -3.11. The van der Waals surface area contributed by atoms with E-state index in [2.05, 4.69) is 5.32 Å². The minimum absolute atomic E-state index is 0.134.